The van der Waals surface area contributed by atoms with E-state index in [1.165, 1.54) is 32.1 Å². The molecule has 0 radical (unpaired) electrons. The summed E-state index contributed by atoms with van der Waals surface area (Å²) in [5.74, 6) is 0.951. The van der Waals surface area contributed by atoms with E-state index >= 15 is 0 Å². The van der Waals surface area contributed by atoms with Gasteiger partial charge in [0.25, 0.3) is 0 Å². The van der Waals surface area contributed by atoms with Crippen LogP contribution in [-0.2, 0) is 0 Å². The van der Waals surface area contributed by atoms with Gasteiger partial charge in [0.15, 0.2) is 0 Å². The third-order valence-corrected chi connectivity index (χ3v) is 2.30. The molecular formula is C10H18. The maximum Gasteiger partial charge on any atom is -0.0294 e. The highest BCUT2D eigenvalue weighted by Crippen LogP contribution is 2.27. The Hall–Kier alpha value is -0.260. The molecule has 0 unspecified atom stereocenters. The SMILES string of the molecule is CC/C=C1\CCC[C@@H](C)C1. The molecule has 0 bridgehead atoms. The Balaban J connectivity index is 2.39. The molecule has 1 aliphatic carbocycles. The number of allylic oxidation sites excluding steroid dienone is 2. The summed E-state index contributed by atoms with van der Waals surface area (Å²) in [6.07, 6.45) is 9.25. The topological polar surface area (TPSA) is 0 Å². The maximum absolute atomic E-state index is 2.41. The van der Waals surface area contributed by atoms with Crippen molar-refractivity contribution in [2.75, 3.05) is 0 Å². The Labute approximate surface area is 64.3 Å². The molecule has 1 saturated carbocycles. The summed E-state index contributed by atoms with van der Waals surface area (Å²) in [7, 11) is 0. The van der Waals surface area contributed by atoms with Crippen LogP contribution < -0.4 is 0 Å². The summed E-state index contributed by atoms with van der Waals surface area (Å²) in [6.45, 7) is 4.59. The van der Waals surface area contributed by atoms with Gasteiger partial charge in [-0.1, -0.05) is 31.9 Å². The molecule has 1 aliphatic rings. The second-order valence-corrected chi connectivity index (χ2v) is 3.47. The molecule has 0 heteroatoms. The highest BCUT2D eigenvalue weighted by molar-refractivity contribution is 5.04. The van der Waals surface area contributed by atoms with E-state index in [4.69, 9.17) is 0 Å². The van der Waals surface area contributed by atoms with E-state index in [-0.39, 0.29) is 0 Å². The van der Waals surface area contributed by atoms with Crippen LogP contribution in [0.5, 0.6) is 0 Å². The van der Waals surface area contributed by atoms with Crippen LogP contribution >= 0.6 is 0 Å². The molecule has 1 atom stereocenters. The lowest BCUT2D eigenvalue weighted by Gasteiger charge is -2.20. The van der Waals surface area contributed by atoms with Gasteiger partial charge in [-0.15, -0.1) is 0 Å². The molecule has 0 spiro atoms. The van der Waals surface area contributed by atoms with Crippen LogP contribution in [0.15, 0.2) is 11.6 Å². The quantitative estimate of drug-likeness (QED) is 0.486. The average Bonchev–Trinajstić information content (AvgIpc) is 1.88. The maximum atomic E-state index is 2.41. The normalized spacial score (nSPS) is 31.0. The van der Waals surface area contributed by atoms with Gasteiger partial charge < -0.3 is 0 Å². The van der Waals surface area contributed by atoms with Crippen LogP contribution in [0.3, 0.4) is 0 Å². The smallest absolute Gasteiger partial charge is 0.0294 e. The second-order valence-electron chi connectivity index (χ2n) is 3.47. The summed E-state index contributed by atoms with van der Waals surface area (Å²) < 4.78 is 0. The van der Waals surface area contributed by atoms with Crippen molar-refractivity contribution in [1.29, 1.82) is 0 Å². The molecule has 10 heavy (non-hydrogen) atoms. The van der Waals surface area contributed by atoms with E-state index in [1.807, 2.05) is 0 Å². The van der Waals surface area contributed by atoms with Crippen LogP contribution in [0.25, 0.3) is 0 Å². The average molecular weight is 138 g/mol. The predicted molar refractivity (Wildman–Crippen MR) is 46.0 cm³/mol. The molecule has 0 nitrogen and oxygen atoms in total. The minimum Gasteiger partial charge on any atom is -0.0856 e. The molecule has 0 aromatic rings. The van der Waals surface area contributed by atoms with Gasteiger partial charge >= 0.3 is 0 Å². The zero-order valence-corrected chi connectivity index (χ0v) is 7.19. The highest BCUT2D eigenvalue weighted by Gasteiger charge is 2.11. The van der Waals surface area contributed by atoms with E-state index in [0.717, 1.165) is 5.92 Å². The Morgan fingerprint density at radius 1 is 1.60 bits per heavy atom. The van der Waals surface area contributed by atoms with Gasteiger partial charge in [0.1, 0.15) is 0 Å². The van der Waals surface area contributed by atoms with Gasteiger partial charge in [-0.3, -0.25) is 0 Å². The van der Waals surface area contributed by atoms with Crippen LogP contribution in [0.1, 0.15) is 46.0 Å². The van der Waals surface area contributed by atoms with E-state index in [9.17, 15) is 0 Å². The minimum absolute atomic E-state index is 0.951. The van der Waals surface area contributed by atoms with Gasteiger partial charge in [0.05, 0.1) is 0 Å². The summed E-state index contributed by atoms with van der Waals surface area (Å²) in [5.41, 5.74) is 1.71. The van der Waals surface area contributed by atoms with Crippen LogP contribution in [0, 0.1) is 5.92 Å². The van der Waals surface area contributed by atoms with Crippen molar-refractivity contribution in [3.8, 4) is 0 Å². The fourth-order valence-electron chi connectivity index (χ4n) is 1.80. The molecule has 0 heterocycles. The highest BCUT2D eigenvalue weighted by atomic mass is 14.2. The largest absolute Gasteiger partial charge is 0.0856 e. The molecule has 0 saturated heterocycles. The fourth-order valence-corrected chi connectivity index (χ4v) is 1.80. The predicted octanol–water partition coefficient (Wildman–Crippen LogP) is 3.53. The van der Waals surface area contributed by atoms with Gasteiger partial charge in [-0.25, -0.2) is 0 Å². The lowest BCUT2D eigenvalue weighted by atomic mass is 9.86. The van der Waals surface area contributed by atoms with Gasteiger partial charge in [-0.2, -0.15) is 0 Å². The minimum atomic E-state index is 0.951. The van der Waals surface area contributed by atoms with Crippen LogP contribution in [0.2, 0.25) is 0 Å². The lowest BCUT2D eigenvalue weighted by molar-refractivity contribution is 0.452. The first-order valence-corrected chi connectivity index (χ1v) is 4.50. The first-order chi connectivity index (χ1) is 4.83. The van der Waals surface area contributed by atoms with E-state index in [2.05, 4.69) is 19.9 Å². The third-order valence-electron chi connectivity index (χ3n) is 2.30. The zero-order valence-electron chi connectivity index (χ0n) is 7.19. The van der Waals surface area contributed by atoms with Crippen molar-refractivity contribution in [1.82, 2.24) is 0 Å². The van der Waals surface area contributed by atoms with Crippen molar-refractivity contribution in [3.05, 3.63) is 11.6 Å². The van der Waals surface area contributed by atoms with Crippen LogP contribution in [0.4, 0.5) is 0 Å². The molecule has 0 aromatic carbocycles. The van der Waals surface area contributed by atoms with Crippen LogP contribution in [-0.4, -0.2) is 0 Å². The Kier molecular flexibility index (Phi) is 2.98. The Morgan fingerprint density at radius 2 is 2.40 bits per heavy atom. The van der Waals surface area contributed by atoms with Crippen molar-refractivity contribution >= 4 is 0 Å². The van der Waals surface area contributed by atoms with Crippen molar-refractivity contribution in [2.24, 2.45) is 5.92 Å². The summed E-state index contributed by atoms with van der Waals surface area (Å²) in [5, 5.41) is 0. The van der Waals surface area contributed by atoms with E-state index in [0.29, 0.717) is 0 Å². The standard InChI is InChI=1S/C10H18/c1-3-5-10-7-4-6-9(2)8-10/h5,9H,3-4,6-8H2,1-2H3/b10-5+/t9-/m1/s1. The third kappa shape index (κ3) is 2.17. The molecule has 0 aliphatic heterocycles. The number of hydrogen-bond acceptors (Lipinski definition) is 0. The molecule has 0 N–H and O–H groups in total. The molecule has 1 fully saturated rings. The first-order valence-electron chi connectivity index (χ1n) is 4.50. The number of rotatable bonds is 1. The fraction of sp³-hybridized carbons (Fsp3) is 0.800. The van der Waals surface area contributed by atoms with Crippen molar-refractivity contribution < 1.29 is 0 Å². The molecule has 58 valence electrons. The van der Waals surface area contributed by atoms with E-state index in [1.54, 1.807) is 5.57 Å². The first kappa shape index (κ1) is 7.84. The molecule has 0 aromatic heterocycles. The summed E-state index contributed by atoms with van der Waals surface area (Å²) in [4.78, 5) is 0. The Bertz CT molecular complexity index is 122. The number of hydrogen-bond donors (Lipinski definition) is 0. The van der Waals surface area contributed by atoms with Gasteiger partial charge in [-0.05, 0) is 31.6 Å². The summed E-state index contributed by atoms with van der Waals surface area (Å²) >= 11 is 0. The zero-order chi connectivity index (χ0) is 7.40. The molecule has 1 rings (SSSR count). The van der Waals surface area contributed by atoms with Crippen molar-refractivity contribution in [3.63, 3.8) is 0 Å². The van der Waals surface area contributed by atoms with E-state index < -0.39 is 0 Å². The van der Waals surface area contributed by atoms with Crippen molar-refractivity contribution in [2.45, 2.75) is 46.0 Å². The Morgan fingerprint density at radius 3 is 3.00 bits per heavy atom. The van der Waals surface area contributed by atoms with Gasteiger partial charge in [0.2, 0.25) is 0 Å². The molecular weight excluding hydrogens is 120 g/mol. The van der Waals surface area contributed by atoms with Gasteiger partial charge in [0, 0.05) is 0 Å². The molecule has 0 amide bonds. The summed E-state index contributed by atoms with van der Waals surface area (Å²) in [6, 6.07) is 0. The lowest BCUT2D eigenvalue weighted by Crippen LogP contribution is -2.03. The second kappa shape index (κ2) is 3.80. The monoisotopic (exact) mass is 138 g/mol.